The first-order valence-electron chi connectivity index (χ1n) is 4.75. The third kappa shape index (κ3) is 1.60. The Bertz CT molecular complexity index is 340. The molecule has 0 N–H and O–H groups in total. The van der Waals surface area contributed by atoms with E-state index in [-0.39, 0.29) is 6.10 Å². The fourth-order valence-electron chi connectivity index (χ4n) is 1.95. The highest BCUT2D eigenvalue weighted by Crippen LogP contribution is 2.36. The SMILES string of the molecule is COC1CCN(C)c2cc(Cl)ccc21. The molecule has 76 valence electrons. The highest BCUT2D eigenvalue weighted by Gasteiger charge is 2.22. The Morgan fingerprint density at radius 3 is 3.00 bits per heavy atom. The van der Waals surface area contributed by atoms with Crippen LogP contribution in [0.4, 0.5) is 5.69 Å². The number of methoxy groups -OCH3 is 1. The van der Waals surface area contributed by atoms with Gasteiger partial charge in [0.15, 0.2) is 0 Å². The van der Waals surface area contributed by atoms with E-state index >= 15 is 0 Å². The van der Waals surface area contributed by atoms with Gasteiger partial charge in [0.2, 0.25) is 0 Å². The predicted molar refractivity (Wildman–Crippen MR) is 59.1 cm³/mol. The fourth-order valence-corrected chi connectivity index (χ4v) is 2.12. The van der Waals surface area contributed by atoms with E-state index in [1.807, 2.05) is 12.1 Å². The second-order valence-corrected chi connectivity index (χ2v) is 4.07. The number of anilines is 1. The Morgan fingerprint density at radius 2 is 2.29 bits per heavy atom. The molecule has 14 heavy (non-hydrogen) atoms. The quantitative estimate of drug-likeness (QED) is 0.709. The third-order valence-electron chi connectivity index (χ3n) is 2.76. The van der Waals surface area contributed by atoms with Crippen LogP contribution in [0.25, 0.3) is 0 Å². The molecule has 0 spiro atoms. The maximum absolute atomic E-state index is 5.97. The molecule has 0 saturated carbocycles. The van der Waals surface area contributed by atoms with Gasteiger partial charge in [-0.05, 0) is 18.6 Å². The normalized spacial score (nSPS) is 20.8. The molecule has 1 aromatic carbocycles. The number of halogens is 1. The fraction of sp³-hybridized carbons (Fsp3) is 0.455. The van der Waals surface area contributed by atoms with E-state index in [9.17, 15) is 0 Å². The van der Waals surface area contributed by atoms with Crippen molar-refractivity contribution in [3.05, 3.63) is 28.8 Å². The predicted octanol–water partition coefficient (Wildman–Crippen LogP) is 2.87. The van der Waals surface area contributed by atoms with Crippen molar-refractivity contribution in [2.75, 3.05) is 25.6 Å². The first-order valence-corrected chi connectivity index (χ1v) is 5.13. The third-order valence-corrected chi connectivity index (χ3v) is 3.00. The van der Waals surface area contributed by atoms with Gasteiger partial charge in [0.05, 0.1) is 6.10 Å². The van der Waals surface area contributed by atoms with Gasteiger partial charge < -0.3 is 9.64 Å². The second kappa shape index (κ2) is 3.79. The van der Waals surface area contributed by atoms with Gasteiger partial charge in [-0.25, -0.2) is 0 Å². The zero-order valence-electron chi connectivity index (χ0n) is 8.46. The molecule has 1 unspecified atom stereocenters. The Morgan fingerprint density at radius 1 is 1.50 bits per heavy atom. The molecule has 3 heteroatoms. The molecule has 2 nitrogen and oxygen atoms in total. The highest BCUT2D eigenvalue weighted by molar-refractivity contribution is 6.30. The van der Waals surface area contributed by atoms with Crippen LogP contribution >= 0.6 is 11.6 Å². The number of fused-ring (bicyclic) bond motifs is 1. The number of ether oxygens (including phenoxy) is 1. The zero-order chi connectivity index (χ0) is 10.1. The van der Waals surface area contributed by atoms with Gasteiger partial charge in [-0.15, -0.1) is 0 Å². The van der Waals surface area contributed by atoms with E-state index in [0.717, 1.165) is 18.0 Å². The molecule has 0 aromatic heterocycles. The van der Waals surface area contributed by atoms with Crippen molar-refractivity contribution < 1.29 is 4.74 Å². The lowest BCUT2D eigenvalue weighted by Crippen LogP contribution is -2.27. The standard InChI is InChI=1S/C11H14ClNO/c1-13-6-5-11(14-2)9-4-3-8(12)7-10(9)13/h3-4,7,11H,5-6H2,1-2H3. The van der Waals surface area contributed by atoms with Crippen LogP contribution in [0.2, 0.25) is 5.02 Å². The summed E-state index contributed by atoms with van der Waals surface area (Å²) in [6.07, 6.45) is 1.26. The summed E-state index contributed by atoms with van der Waals surface area (Å²) in [5.74, 6) is 0. The molecule has 0 aliphatic carbocycles. The average Bonchev–Trinajstić information content (AvgIpc) is 2.19. The molecule has 1 atom stereocenters. The Labute approximate surface area is 89.4 Å². The van der Waals surface area contributed by atoms with Crippen molar-refractivity contribution in [3.63, 3.8) is 0 Å². The van der Waals surface area contributed by atoms with Crippen LogP contribution < -0.4 is 4.90 Å². The van der Waals surface area contributed by atoms with E-state index in [2.05, 4.69) is 18.0 Å². The van der Waals surface area contributed by atoms with Crippen molar-refractivity contribution in [3.8, 4) is 0 Å². The number of nitrogens with zero attached hydrogens (tertiary/aromatic N) is 1. The van der Waals surface area contributed by atoms with E-state index in [0.29, 0.717) is 0 Å². The Balaban J connectivity index is 2.45. The van der Waals surface area contributed by atoms with Crippen LogP contribution in [-0.2, 0) is 4.74 Å². The van der Waals surface area contributed by atoms with Crippen LogP contribution in [0.5, 0.6) is 0 Å². The first-order chi connectivity index (χ1) is 6.72. The zero-order valence-corrected chi connectivity index (χ0v) is 9.21. The van der Waals surface area contributed by atoms with Gasteiger partial charge in [-0.1, -0.05) is 17.7 Å². The summed E-state index contributed by atoms with van der Waals surface area (Å²) in [6.45, 7) is 1.02. The van der Waals surface area contributed by atoms with Gasteiger partial charge in [-0.2, -0.15) is 0 Å². The lowest BCUT2D eigenvalue weighted by molar-refractivity contribution is 0.0942. The summed E-state index contributed by atoms with van der Waals surface area (Å²) in [7, 11) is 3.84. The number of hydrogen-bond donors (Lipinski definition) is 0. The van der Waals surface area contributed by atoms with Crippen LogP contribution in [-0.4, -0.2) is 20.7 Å². The lowest BCUT2D eigenvalue weighted by Gasteiger charge is -2.32. The molecule has 1 aliphatic heterocycles. The van der Waals surface area contributed by atoms with E-state index in [1.165, 1.54) is 11.3 Å². The maximum atomic E-state index is 5.97. The summed E-state index contributed by atoms with van der Waals surface area (Å²) in [5.41, 5.74) is 2.43. The number of hydrogen-bond acceptors (Lipinski definition) is 2. The first kappa shape index (κ1) is 9.81. The van der Waals surface area contributed by atoms with Crippen molar-refractivity contribution in [2.45, 2.75) is 12.5 Å². The molecule has 0 radical (unpaired) electrons. The smallest absolute Gasteiger partial charge is 0.0858 e. The average molecular weight is 212 g/mol. The molecule has 1 aliphatic rings. The van der Waals surface area contributed by atoms with Crippen LogP contribution in [0.15, 0.2) is 18.2 Å². The number of benzene rings is 1. The summed E-state index contributed by atoms with van der Waals surface area (Å²) in [6, 6.07) is 5.98. The van der Waals surface area contributed by atoms with Crippen LogP contribution in [0, 0.1) is 0 Å². The summed E-state index contributed by atoms with van der Waals surface area (Å²) in [5, 5.41) is 0.785. The van der Waals surface area contributed by atoms with E-state index < -0.39 is 0 Å². The van der Waals surface area contributed by atoms with Crippen molar-refractivity contribution in [2.24, 2.45) is 0 Å². The molecule has 1 heterocycles. The Kier molecular flexibility index (Phi) is 2.66. The highest BCUT2D eigenvalue weighted by atomic mass is 35.5. The minimum Gasteiger partial charge on any atom is -0.377 e. The van der Waals surface area contributed by atoms with Crippen molar-refractivity contribution in [1.82, 2.24) is 0 Å². The second-order valence-electron chi connectivity index (χ2n) is 3.64. The monoisotopic (exact) mass is 211 g/mol. The van der Waals surface area contributed by atoms with E-state index in [4.69, 9.17) is 16.3 Å². The molecular formula is C11H14ClNO. The molecule has 0 bridgehead atoms. The minimum atomic E-state index is 0.221. The van der Waals surface area contributed by atoms with Gasteiger partial charge in [0.1, 0.15) is 0 Å². The van der Waals surface area contributed by atoms with Crippen molar-refractivity contribution >= 4 is 17.3 Å². The van der Waals surface area contributed by atoms with Crippen molar-refractivity contribution in [1.29, 1.82) is 0 Å². The van der Waals surface area contributed by atoms with Gasteiger partial charge in [-0.3, -0.25) is 0 Å². The van der Waals surface area contributed by atoms with Gasteiger partial charge >= 0.3 is 0 Å². The molecule has 0 amide bonds. The number of rotatable bonds is 1. The summed E-state index contributed by atoms with van der Waals surface area (Å²) < 4.78 is 5.44. The summed E-state index contributed by atoms with van der Waals surface area (Å²) in [4.78, 5) is 2.22. The van der Waals surface area contributed by atoms with Gasteiger partial charge in [0.25, 0.3) is 0 Å². The maximum Gasteiger partial charge on any atom is 0.0858 e. The van der Waals surface area contributed by atoms with Gasteiger partial charge in [0, 0.05) is 37.0 Å². The Hall–Kier alpha value is -0.730. The molecular weight excluding hydrogens is 198 g/mol. The molecule has 0 saturated heterocycles. The molecule has 0 fully saturated rings. The molecule has 2 rings (SSSR count). The summed E-state index contributed by atoms with van der Waals surface area (Å²) >= 11 is 5.97. The largest absolute Gasteiger partial charge is 0.377 e. The molecule has 1 aromatic rings. The topological polar surface area (TPSA) is 12.5 Å². The van der Waals surface area contributed by atoms with E-state index in [1.54, 1.807) is 7.11 Å². The van der Waals surface area contributed by atoms with Crippen LogP contribution in [0.3, 0.4) is 0 Å². The minimum absolute atomic E-state index is 0.221. The lowest BCUT2D eigenvalue weighted by atomic mass is 9.99. The van der Waals surface area contributed by atoms with Crippen LogP contribution in [0.1, 0.15) is 18.1 Å².